The third kappa shape index (κ3) is 1.87. The summed E-state index contributed by atoms with van der Waals surface area (Å²) in [6, 6.07) is 4.51. The molecule has 0 amide bonds. The Balaban J connectivity index is 2.32. The molecule has 0 saturated carbocycles. The molecule has 2 rings (SSSR count). The number of ketones is 1. The van der Waals surface area contributed by atoms with Crippen molar-refractivity contribution in [1.82, 2.24) is 0 Å². The highest BCUT2D eigenvalue weighted by atomic mass is 19.1. The smallest absolute Gasteiger partial charge is 0.173 e. The van der Waals surface area contributed by atoms with Crippen LogP contribution in [0.3, 0.4) is 0 Å². The highest BCUT2D eigenvalue weighted by molar-refractivity contribution is 6.00. The Morgan fingerprint density at radius 1 is 1.53 bits per heavy atom. The summed E-state index contributed by atoms with van der Waals surface area (Å²) in [5.41, 5.74) is 0.116. The molecule has 0 saturated heterocycles. The van der Waals surface area contributed by atoms with Crippen LogP contribution in [-0.2, 0) is 0 Å². The van der Waals surface area contributed by atoms with Crippen molar-refractivity contribution >= 4 is 5.78 Å². The Hall–Kier alpha value is -1.38. The fraction of sp³-hybridized carbons (Fsp3) is 0.417. The van der Waals surface area contributed by atoms with Crippen molar-refractivity contribution in [2.45, 2.75) is 32.3 Å². The van der Waals surface area contributed by atoms with Gasteiger partial charge in [-0.05, 0) is 18.6 Å². The fourth-order valence-corrected chi connectivity index (χ4v) is 1.89. The van der Waals surface area contributed by atoms with E-state index in [9.17, 15) is 9.18 Å². The second-order valence-electron chi connectivity index (χ2n) is 3.77. The second-order valence-corrected chi connectivity index (χ2v) is 3.77. The van der Waals surface area contributed by atoms with E-state index in [0.717, 1.165) is 12.8 Å². The molecule has 0 aliphatic carbocycles. The van der Waals surface area contributed by atoms with Gasteiger partial charge in [0.05, 0.1) is 5.56 Å². The molecule has 0 fully saturated rings. The van der Waals surface area contributed by atoms with E-state index in [4.69, 9.17) is 4.74 Å². The monoisotopic (exact) mass is 208 g/mol. The Kier molecular flexibility index (Phi) is 2.71. The van der Waals surface area contributed by atoms with Gasteiger partial charge >= 0.3 is 0 Å². The number of hydrogen-bond donors (Lipinski definition) is 0. The molecule has 0 spiro atoms. The molecule has 3 heteroatoms. The van der Waals surface area contributed by atoms with E-state index >= 15 is 0 Å². The lowest BCUT2D eigenvalue weighted by Gasteiger charge is -2.24. The van der Waals surface area contributed by atoms with Crippen LogP contribution in [0.1, 0.15) is 36.5 Å². The van der Waals surface area contributed by atoms with Crippen molar-refractivity contribution in [3.8, 4) is 5.75 Å². The molecule has 1 atom stereocenters. The standard InChI is InChI=1S/C12H13FO2/c1-2-4-8-7-10(14)12-9(13)5-3-6-11(12)15-8/h3,5-6,8H,2,4,7H2,1H3. The zero-order chi connectivity index (χ0) is 10.8. The highest BCUT2D eigenvalue weighted by Gasteiger charge is 2.28. The quantitative estimate of drug-likeness (QED) is 0.746. The number of rotatable bonds is 2. The first-order valence-corrected chi connectivity index (χ1v) is 5.20. The van der Waals surface area contributed by atoms with Crippen LogP contribution in [0.4, 0.5) is 4.39 Å². The molecule has 0 bridgehead atoms. The molecule has 1 aliphatic rings. The number of benzene rings is 1. The Morgan fingerprint density at radius 3 is 3.07 bits per heavy atom. The maximum absolute atomic E-state index is 13.3. The SMILES string of the molecule is CCCC1CC(=O)c2c(F)cccc2O1. The Morgan fingerprint density at radius 2 is 2.33 bits per heavy atom. The van der Waals surface area contributed by atoms with E-state index in [1.165, 1.54) is 6.07 Å². The van der Waals surface area contributed by atoms with Crippen LogP contribution in [0.2, 0.25) is 0 Å². The molecule has 1 aliphatic heterocycles. The van der Waals surface area contributed by atoms with Crippen LogP contribution in [0.15, 0.2) is 18.2 Å². The van der Waals surface area contributed by atoms with Gasteiger partial charge in [0.1, 0.15) is 17.7 Å². The summed E-state index contributed by atoms with van der Waals surface area (Å²) >= 11 is 0. The number of fused-ring (bicyclic) bond motifs is 1. The number of carbonyl (C=O) groups excluding carboxylic acids is 1. The number of carbonyl (C=O) groups is 1. The first-order valence-electron chi connectivity index (χ1n) is 5.20. The summed E-state index contributed by atoms with van der Waals surface area (Å²) in [4.78, 5) is 11.7. The predicted octanol–water partition coefficient (Wildman–Crippen LogP) is 2.96. The van der Waals surface area contributed by atoms with Gasteiger partial charge in [-0.2, -0.15) is 0 Å². The molecule has 80 valence electrons. The van der Waals surface area contributed by atoms with Gasteiger partial charge in [0.25, 0.3) is 0 Å². The molecule has 1 unspecified atom stereocenters. The van der Waals surface area contributed by atoms with Gasteiger partial charge in [-0.15, -0.1) is 0 Å². The minimum atomic E-state index is -0.479. The fourth-order valence-electron chi connectivity index (χ4n) is 1.89. The molecule has 2 nitrogen and oxygen atoms in total. The molecule has 1 aromatic carbocycles. The van der Waals surface area contributed by atoms with Gasteiger partial charge < -0.3 is 4.74 Å². The van der Waals surface area contributed by atoms with Crippen LogP contribution in [0.25, 0.3) is 0 Å². The number of hydrogen-bond acceptors (Lipinski definition) is 2. The summed E-state index contributed by atoms with van der Waals surface area (Å²) in [6.45, 7) is 2.04. The maximum Gasteiger partial charge on any atom is 0.173 e. The predicted molar refractivity (Wildman–Crippen MR) is 54.7 cm³/mol. The van der Waals surface area contributed by atoms with Crippen molar-refractivity contribution in [2.75, 3.05) is 0 Å². The normalized spacial score (nSPS) is 19.6. The van der Waals surface area contributed by atoms with Crippen molar-refractivity contribution in [3.05, 3.63) is 29.6 Å². The molecular weight excluding hydrogens is 195 g/mol. The van der Waals surface area contributed by atoms with E-state index in [1.54, 1.807) is 12.1 Å². The van der Waals surface area contributed by atoms with Gasteiger partial charge in [0.2, 0.25) is 0 Å². The number of halogens is 1. The van der Waals surface area contributed by atoms with Crippen molar-refractivity contribution in [1.29, 1.82) is 0 Å². The second kappa shape index (κ2) is 4.01. The van der Waals surface area contributed by atoms with Crippen LogP contribution >= 0.6 is 0 Å². The van der Waals surface area contributed by atoms with Crippen molar-refractivity contribution < 1.29 is 13.9 Å². The lowest BCUT2D eigenvalue weighted by molar-refractivity contribution is 0.0831. The average Bonchev–Trinajstić information content (AvgIpc) is 2.17. The molecular formula is C12H13FO2. The van der Waals surface area contributed by atoms with Gasteiger partial charge in [-0.1, -0.05) is 19.4 Å². The summed E-state index contributed by atoms with van der Waals surface area (Å²) in [7, 11) is 0. The molecule has 0 N–H and O–H groups in total. The Labute approximate surface area is 88.1 Å². The number of Topliss-reactive ketones (excluding diaryl/α,β-unsaturated/α-hetero) is 1. The highest BCUT2D eigenvalue weighted by Crippen LogP contribution is 2.30. The zero-order valence-corrected chi connectivity index (χ0v) is 8.63. The minimum Gasteiger partial charge on any atom is -0.489 e. The minimum absolute atomic E-state index is 0.0863. The van der Waals surface area contributed by atoms with Crippen LogP contribution in [0.5, 0.6) is 5.75 Å². The van der Waals surface area contributed by atoms with Crippen molar-refractivity contribution in [2.24, 2.45) is 0 Å². The molecule has 1 heterocycles. The van der Waals surface area contributed by atoms with E-state index < -0.39 is 5.82 Å². The average molecular weight is 208 g/mol. The number of ether oxygens (including phenoxy) is 1. The third-order valence-electron chi connectivity index (χ3n) is 2.57. The largest absolute Gasteiger partial charge is 0.489 e. The first-order chi connectivity index (χ1) is 7.22. The zero-order valence-electron chi connectivity index (χ0n) is 8.63. The van der Waals surface area contributed by atoms with Crippen LogP contribution < -0.4 is 4.74 Å². The van der Waals surface area contributed by atoms with Crippen molar-refractivity contribution in [3.63, 3.8) is 0 Å². The topological polar surface area (TPSA) is 26.3 Å². The Bertz CT molecular complexity index is 387. The van der Waals surface area contributed by atoms with Gasteiger partial charge in [0.15, 0.2) is 5.78 Å². The molecule has 0 radical (unpaired) electrons. The first kappa shape index (κ1) is 10.1. The third-order valence-corrected chi connectivity index (χ3v) is 2.57. The molecule has 1 aromatic rings. The van der Waals surface area contributed by atoms with Gasteiger partial charge in [0, 0.05) is 6.42 Å². The van der Waals surface area contributed by atoms with E-state index in [2.05, 4.69) is 0 Å². The van der Waals surface area contributed by atoms with Crippen LogP contribution in [0, 0.1) is 5.82 Å². The van der Waals surface area contributed by atoms with E-state index in [1.807, 2.05) is 6.92 Å². The van der Waals surface area contributed by atoms with Gasteiger partial charge in [-0.25, -0.2) is 4.39 Å². The van der Waals surface area contributed by atoms with E-state index in [-0.39, 0.29) is 17.5 Å². The summed E-state index contributed by atoms with van der Waals surface area (Å²) in [6.07, 6.45) is 2.00. The molecule has 0 aromatic heterocycles. The van der Waals surface area contributed by atoms with Gasteiger partial charge in [-0.3, -0.25) is 4.79 Å². The lowest BCUT2D eigenvalue weighted by atomic mass is 9.98. The van der Waals surface area contributed by atoms with Crippen LogP contribution in [-0.4, -0.2) is 11.9 Å². The van der Waals surface area contributed by atoms with E-state index in [0.29, 0.717) is 12.2 Å². The lowest BCUT2D eigenvalue weighted by Crippen LogP contribution is -2.27. The summed E-state index contributed by atoms with van der Waals surface area (Å²) < 4.78 is 18.9. The summed E-state index contributed by atoms with van der Waals surface area (Å²) in [5.74, 6) is -0.232. The summed E-state index contributed by atoms with van der Waals surface area (Å²) in [5, 5.41) is 0. The maximum atomic E-state index is 13.3. The molecule has 15 heavy (non-hydrogen) atoms.